The number of amides is 1. The molecular formula is C12H15BrN2O2. The molecule has 0 aliphatic heterocycles. The molecule has 4 nitrogen and oxygen atoms in total. The minimum atomic E-state index is -0.248. The van der Waals surface area contributed by atoms with Gasteiger partial charge in [0, 0.05) is 16.9 Å². The number of halogens is 1. The third kappa shape index (κ3) is 3.43. The molecule has 1 aliphatic carbocycles. The summed E-state index contributed by atoms with van der Waals surface area (Å²) in [5.41, 5.74) is 0.0836. The maximum atomic E-state index is 11.9. The van der Waals surface area contributed by atoms with Crippen LogP contribution in [0.3, 0.4) is 0 Å². The maximum absolute atomic E-state index is 11.9. The van der Waals surface area contributed by atoms with Gasteiger partial charge in [-0.25, -0.2) is 0 Å². The summed E-state index contributed by atoms with van der Waals surface area (Å²) in [4.78, 5) is 26.0. The Morgan fingerprint density at radius 2 is 2.00 bits per heavy atom. The second-order valence-corrected chi connectivity index (χ2v) is 5.65. The van der Waals surface area contributed by atoms with Crippen molar-refractivity contribution in [3.05, 3.63) is 34.2 Å². The number of H-pyrrole nitrogens is 1. The summed E-state index contributed by atoms with van der Waals surface area (Å²) in [5, 5.41) is 2.95. The van der Waals surface area contributed by atoms with E-state index in [4.69, 9.17) is 0 Å². The van der Waals surface area contributed by atoms with Crippen molar-refractivity contribution in [3.8, 4) is 0 Å². The van der Waals surface area contributed by atoms with Gasteiger partial charge in [-0.1, -0.05) is 22.0 Å². The number of aromatic amines is 1. The molecule has 1 aromatic heterocycles. The number of carbonyl (C=O) groups is 1. The fraction of sp³-hybridized carbons (Fsp3) is 0.500. The van der Waals surface area contributed by atoms with Gasteiger partial charge in [0.2, 0.25) is 5.56 Å². The van der Waals surface area contributed by atoms with Gasteiger partial charge in [0.1, 0.15) is 5.69 Å². The molecule has 1 saturated carbocycles. The van der Waals surface area contributed by atoms with E-state index in [1.165, 1.54) is 6.07 Å². The molecule has 92 valence electrons. The normalized spacial score (nSPS) is 24.3. The Hall–Kier alpha value is -1.10. The Balaban J connectivity index is 1.95. The average Bonchev–Trinajstić information content (AvgIpc) is 2.32. The lowest BCUT2D eigenvalue weighted by atomic mass is 9.95. The lowest BCUT2D eigenvalue weighted by molar-refractivity contribution is 0.0923. The predicted octanol–water partition coefficient (Wildman–Crippen LogP) is 1.81. The molecule has 0 unspecified atom stereocenters. The lowest BCUT2D eigenvalue weighted by Crippen LogP contribution is -2.38. The van der Waals surface area contributed by atoms with E-state index in [-0.39, 0.29) is 17.5 Å². The molecule has 1 heterocycles. The van der Waals surface area contributed by atoms with E-state index in [0.29, 0.717) is 10.5 Å². The third-order valence-corrected chi connectivity index (χ3v) is 3.92. The molecule has 0 atom stereocenters. The van der Waals surface area contributed by atoms with Crippen molar-refractivity contribution in [2.24, 2.45) is 0 Å². The van der Waals surface area contributed by atoms with Gasteiger partial charge in [0.05, 0.1) is 0 Å². The second kappa shape index (κ2) is 5.49. The number of rotatable bonds is 2. The van der Waals surface area contributed by atoms with Gasteiger partial charge in [0.25, 0.3) is 5.91 Å². The summed E-state index contributed by atoms with van der Waals surface area (Å²) in [5.74, 6) is -0.194. The molecule has 0 saturated heterocycles. The zero-order valence-corrected chi connectivity index (χ0v) is 11.0. The van der Waals surface area contributed by atoms with Crippen molar-refractivity contribution in [1.82, 2.24) is 10.3 Å². The van der Waals surface area contributed by atoms with E-state index < -0.39 is 0 Å². The monoisotopic (exact) mass is 298 g/mol. The molecule has 0 aromatic carbocycles. The molecule has 1 fully saturated rings. The van der Waals surface area contributed by atoms with Crippen LogP contribution in [-0.4, -0.2) is 21.8 Å². The Morgan fingerprint density at radius 1 is 1.29 bits per heavy atom. The van der Waals surface area contributed by atoms with Crippen LogP contribution in [0.5, 0.6) is 0 Å². The van der Waals surface area contributed by atoms with Crippen LogP contribution >= 0.6 is 15.9 Å². The van der Waals surface area contributed by atoms with Crippen LogP contribution in [0.25, 0.3) is 0 Å². The smallest absolute Gasteiger partial charge is 0.268 e. The molecule has 1 aliphatic rings. The fourth-order valence-corrected chi connectivity index (χ4v) is 2.57. The van der Waals surface area contributed by atoms with Gasteiger partial charge in [0.15, 0.2) is 0 Å². The van der Waals surface area contributed by atoms with Gasteiger partial charge in [-0.05, 0) is 31.7 Å². The molecule has 1 aromatic rings. The summed E-state index contributed by atoms with van der Waals surface area (Å²) in [6.45, 7) is 0. The molecule has 0 spiro atoms. The summed E-state index contributed by atoms with van der Waals surface area (Å²) >= 11 is 3.58. The standard InChI is InChI=1S/C12H15BrN2O2/c13-8-4-6-9(7-5-8)14-12(17)10-2-1-3-11(16)15-10/h1-3,8-9H,4-7H2,(H,14,17)(H,15,16). The topological polar surface area (TPSA) is 62.0 Å². The zero-order chi connectivity index (χ0) is 12.3. The van der Waals surface area contributed by atoms with Gasteiger partial charge in [-0.3, -0.25) is 9.59 Å². The van der Waals surface area contributed by atoms with Crippen LogP contribution in [0.2, 0.25) is 0 Å². The lowest BCUT2D eigenvalue weighted by Gasteiger charge is -2.25. The van der Waals surface area contributed by atoms with E-state index in [2.05, 4.69) is 26.2 Å². The quantitative estimate of drug-likeness (QED) is 0.818. The van der Waals surface area contributed by atoms with Crippen LogP contribution in [0.1, 0.15) is 36.2 Å². The van der Waals surface area contributed by atoms with E-state index in [9.17, 15) is 9.59 Å². The number of carbonyl (C=O) groups excluding carboxylic acids is 1. The number of alkyl halides is 1. The van der Waals surface area contributed by atoms with Crippen LogP contribution in [0.4, 0.5) is 0 Å². The highest BCUT2D eigenvalue weighted by Crippen LogP contribution is 2.24. The number of nitrogens with one attached hydrogen (secondary N) is 2. The second-order valence-electron chi connectivity index (χ2n) is 4.35. The van der Waals surface area contributed by atoms with E-state index in [0.717, 1.165) is 25.7 Å². The van der Waals surface area contributed by atoms with E-state index in [1.807, 2.05) is 0 Å². The maximum Gasteiger partial charge on any atom is 0.268 e. The van der Waals surface area contributed by atoms with Gasteiger partial charge in [-0.2, -0.15) is 0 Å². The number of hydrogen-bond acceptors (Lipinski definition) is 2. The Morgan fingerprint density at radius 3 is 2.65 bits per heavy atom. The first-order valence-corrected chi connectivity index (χ1v) is 6.71. The minimum absolute atomic E-state index is 0.194. The van der Waals surface area contributed by atoms with Crippen molar-refractivity contribution in [2.45, 2.75) is 36.6 Å². The van der Waals surface area contributed by atoms with Crippen molar-refractivity contribution in [2.75, 3.05) is 0 Å². The van der Waals surface area contributed by atoms with Crippen molar-refractivity contribution >= 4 is 21.8 Å². The SMILES string of the molecule is O=C(NC1CCC(Br)CC1)c1cccc(=O)[nH]1. The third-order valence-electron chi connectivity index (χ3n) is 3.00. The first kappa shape index (κ1) is 12.4. The first-order chi connectivity index (χ1) is 8.15. The summed E-state index contributed by atoms with van der Waals surface area (Å²) in [7, 11) is 0. The molecule has 5 heteroatoms. The molecular weight excluding hydrogens is 284 g/mol. The fourth-order valence-electron chi connectivity index (χ4n) is 2.04. The molecule has 2 rings (SSSR count). The van der Waals surface area contributed by atoms with Crippen LogP contribution in [-0.2, 0) is 0 Å². The van der Waals surface area contributed by atoms with E-state index >= 15 is 0 Å². The number of pyridine rings is 1. The Kier molecular flexibility index (Phi) is 3.99. The first-order valence-electron chi connectivity index (χ1n) is 5.79. The summed E-state index contributed by atoms with van der Waals surface area (Å²) in [6.07, 6.45) is 4.13. The Labute approximate surface area is 108 Å². The van der Waals surface area contributed by atoms with Crippen molar-refractivity contribution in [3.63, 3.8) is 0 Å². The predicted molar refractivity (Wildman–Crippen MR) is 69.5 cm³/mol. The molecule has 17 heavy (non-hydrogen) atoms. The summed E-state index contributed by atoms with van der Waals surface area (Å²) in [6, 6.07) is 4.82. The van der Waals surface area contributed by atoms with Gasteiger partial charge in [-0.15, -0.1) is 0 Å². The molecule has 2 N–H and O–H groups in total. The Bertz CT molecular complexity index is 450. The molecule has 0 radical (unpaired) electrons. The molecule has 1 amide bonds. The summed E-state index contributed by atoms with van der Waals surface area (Å²) < 4.78 is 0. The van der Waals surface area contributed by atoms with Crippen LogP contribution in [0.15, 0.2) is 23.0 Å². The van der Waals surface area contributed by atoms with Crippen molar-refractivity contribution in [1.29, 1.82) is 0 Å². The number of hydrogen-bond donors (Lipinski definition) is 2. The van der Waals surface area contributed by atoms with Crippen LogP contribution < -0.4 is 10.9 Å². The number of aromatic nitrogens is 1. The highest BCUT2D eigenvalue weighted by atomic mass is 79.9. The zero-order valence-electron chi connectivity index (χ0n) is 9.41. The van der Waals surface area contributed by atoms with Crippen LogP contribution in [0, 0.1) is 0 Å². The van der Waals surface area contributed by atoms with E-state index in [1.54, 1.807) is 12.1 Å². The highest BCUT2D eigenvalue weighted by molar-refractivity contribution is 9.09. The molecule has 0 bridgehead atoms. The highest BCUT2D eigenvalue weighted by Gasteiger charge is 2.21. The minimum Gasteiger partial charge on any atom is -0.348 e. The van der Waals surface area contributed by atoms with Crippen molar-refractivity contribution < 1.29 is 4.79 Å². The van der Waals surface area contributed by atoms with Gasteiger partial charge >= 0.3 is 0 Å². The largest absolute Gasteiger partial charge is 0.348 e. The average molecular weight is 299 g/mol. The van der Waals surface area contributed by atoms with Gasteiger partial charge < -0.3 is 10.3 Å².